The fraction of sp³-hybridized carbons (Fsp3) is 0.200. The third-order valence-corrected chi connectivity index (χ3v) is 2.50. The minimum Gasteiger partial charge on any atom is -0.355 e. The molecule has 1 rings (SSSR count). The number of amides is 1. The van der Waals surface area contributed by atoms with Crippen molar-refractivity contribution in [3.05, 3.63) is 34.6 Å². The Hall–Kier alpha value is -1.41. The number of nitrogens with one attached hydrogen (secondary N) is 1. The highest BCUT2D eigenvalue weighted by molar-refractivity contribution is 9.08. The van der Waals surface area contributed by atoms with Crippen LogP contribution < -0.4 is 5.32 Å². The van der Waals surface area contributed by atoms with Gasteiger partial charge in [-0.25, -0.2) is 4.39 Å². The molecule has 5 heteroatoms. The second kappa shape index (κ2) is 4.89. The van der Waals surface area contributed by atoms with E-state index in [-0.39, 0.29) is 22.0 Å². The minimum absolute atomic E-state index is 0.149. The van der Waals surface area contributed by atoms with Gasteiger partial charge in [-0.3, -0.25) is 4.79 Å². The maximum absolute atomic E-state index is 13.4. The van der Waals surface area contributed by atoms with Gasteiger partial charge in [0.15, 0.2) is 0 Å². The molecule has 1 aromatic rings. The first-order chi connectivity index (χ1) is 7.13. The third-order valence-electron chi connectivity index (χ3n) is 1.94. The van der Waals surface area contributed by atoms with Crippen LogP contribution in [-0.2, 0) is 5.33 Å². The average molecular weight is 271 g/mol. The maximum Gasteiger partial charge on any atom is 0.251 e. The number of rotatable bonds is 2. The summed E-state index contributed by atoms with van der Waals surface area (Å²) in [5, 5.41) is 11.4. The van der Waals surface area contributed by atoms with E-state index in [9.17, 15) is 9.18 Å². The van der Waals surface area contributed by atoms with Gasteiger partial charge in [0.25, 0.3) is 5.91 Å². The van der Waals surface area contributed by atoms with Gasteiger partial charge in [0.05, 0.1) is 11.6 Å². The fourth-order valence-corrected chi connectivity index (χ4v) is 1.72. The molecular formula is C10H8BrFN2O. The molecule has 0 aliphatic heterocycles. The van der Waals surface area contributed by atoms with E-state index in [1.165, 1.54) is 13.1 Å². The zero-order valence-corrected chi connectivity index (χ0v) is 9.56. The van der Waals surface area contributed by atoms with Gasteiger partial charge < -0.3 is 5.32 Å². The van der Waals surface area contributed by atoms with E-state index in [1.807, 2.05) is 6.07 Å². The van der Waals surface area contributed by atoms with Crippen molar-refractivity contribution >= 4 is 21.8 Å². The SMILES string of the molecule is CNC(=O)c1cc(F)c(CBr)c(C#N)c1. The van der Waals surface area contributed by atoms with E-state index in [4.69, 9.17) is 5.26 Å². The highest BCUT2D eigenvalue weighted by Gasteiger charge is 2.13. The lowest BCUT2D eigenvalue weighted by atomic mass is 10.0. The van der Waals surface area contributed by atoms with Crippen LogP contribution in [0.15, 0.2) is 12.1 Å². The largest absolute Gasteiger partial charge is 0.355 e. The maximum atomic E-state index is 13.4. The van der Waals surface area contributed by atoms with Crippen LogP contribution in [0.4, 0.5) is 4.39 Å². The molecule has 0 aliphatic carbocycles. The number of nitrogens with zero attached hydrogens (tertiary/aromatic N) is 1. The first-order valence-electron chi connectivity index (χ1n) is 4.14. The smallest absolute Gasteiger partial charge is 0.251 e. The van der Waals surface area contributed by atoms with Gasteiger partial charge in [-0.1, -0.05) is 15.9 Å². The summed E-state index contributed by atoms with van der Waals surface area (Å²) in [6.07, 6.45) is 0. The van der Waals surface area contributed by atoms with Gasteiger partial charge >= 0.3 is 0 Å². The van der Waals surface area contributed by atoms with Gasteiger partial charge in [0.2, 0.25) is 0 Å². The second-order valence-corrected chi connectivity index (χ2v) is 3.37. The number of hydrogen-bond acceptors (Lipinski definition) is 2. The number of carbonyl (C=O) groups excluding carboxylic acids is 1. The summed E-state index contributed by atoms with van der Waals surface area (Å²) in [5.74, 6) is -0.962. The van der Waals surface area contributed by atoms with Gasteiger partial charge in [-0.2, -0.15) is 5.26 Å². The molecule has 1 amide bonds. The number of alkyl halides is 1. The standard InChI is InChI=1S/C10H8BrFN2O/c1-14-10(15)6-2-7(5-13)8(4-11)9(12)3-6/h2-3H,4H2,1H3,(H,14,15). The van der Waals surface area contributed by atoms with Crippen molar-refractivity contribution in [3.63, 3.8) is 0 Å². The molecule has 0 atom stereocenters. The molecule has 0 radical (unpaired) electrons. The normalized spacial score (nSPS) is 9.47. The number of halogens is 2. The second-order valence-electron chi connectivity index (χ2n) is 2.81. The van der Waals surface area contributed by atoms with Crippen LogP contribution in [0.3, 0.4) is 0 Å². The molecule has 1 N–H and O–H groups in total. The van der Waals surface area contributed by atoms with E-state index in [1.54, 1.807) is 0 Å². The van der Waals surface area contributed by atoms with Crippen molar-refractivity contribution in [2.75, 3.05) is 7.05 Å². The Morgan fingerprint density at radius 1 is 1.67 bits per heavy atom. The molecule has 0 saturated carbocycles. The predicted octanol–water partition coefficient (Wildman–Crippen LogP) is 1.95. The summed E-state index contributed by atoms with van der Waals surface area (Å²) in [7, 11) is 1.45. The quantitative estimate of drug-likeness (QED) is 0.836. The molecule has 0 aliphatic rings. The van der Waals surface area contributed by atoms with Crippen LogP contribution in [0.1, 0.15) is 21.5 Å². The van der Waals surface area contributed by atoms with Gasteiger partial charge in [0, 0.05) is 23.5 Å². The van der Waals surface area contributed by atoms with Gasteiger partial charge in [-0.05, 0) is 12.1 Å². The summed E-state index contributed by atoms with van der Waals surface area (Å²) in [4.78, 5) is 11.2. The van der Waals surface area contributed by atoms with E-state index in [0.717, 1.165) is 6.07 Å². The van der Waals surface area contributed by atoms with Gasteiger partial charge in [-0.15, -0.1) is 0 Å². The first kappa shape index (κ1) is 11.7. The highest BCUT2D eigenvalue weighted by Crippen LogP contribution is 2.18. The topological polar surface area (TPSA) is 52.9 Å². The van der Waals surface area contributed by atoms with Crippen molar-refractivity contribution in [3.8, 4) is 6.07 Å². The molecule has 0 saturated heterocycles. The summed E-state index contributed by atoms with van der Waals surface area (Å²) in [5.41, 5.74) is 0.590. The number of carbonyl (C=O) groups is 1. The van der Waals surface area contributed by atoms with Crippen LogP contribution in [0, 0.1) is 17.1 Å². The first-order valence-corrected chi connectivity index (χ1v) is 5.26. The molecule has 0 spiro atoms. The zero-order chi connectivity index (χ0) is 11.4. The van der Waals surface area contributed by atoms with Crippen molar-refractivity contribution in [2.24, 2.45) is 0 Å². The Morgan fingerprint density at radius 2 is 2.33 bits per heavy atom. The number of nitriles is 1. The van der Waals surface area contributed by atoms with Crippen molar-refractivity contribution in [2.45, 2.75) is 5.33 Å². The lowest BCUT2D eigenvalue weighted by molar-refractivity contribution is 0.0962. The number of benzene rings is 1. The molecule has 15 heavy (non-hydrogen) atoms. The Balaban J connectivity index is 3.33. The lowest BCUT2D eigenvalue weighted by Crippen LogP contribution is -2.18. The van der Waals surface area contributed by atoms with Gasteiger partial charge in [0.1, 0.15) is 5.82 Å². The summed E-state index contributed by atoms with van der Waals surface area (Å²) >= 11 is 3.09. The highest BCUT2D eigenvalue weighted by atomic mass is 79.9. The average Bonchev–Trinajstić information content (AvgIpc) is 2.26. The van der Waals surface area contributed by atoms with E-state index < -0.39 is 11.7 Å². The Morgan fingerprint density at radius 3 is 2.80 bits per heavy atom. The molecule has 1 aromatic carbocycles. The zero-order valence-electron chi connectivity index (χ0n) is 7.97. The molecule has 0 bridgehead atoms. The predicted molar refractivity (Wildman–Crippen MR) is 57.1 cm³/mol. The van der Waals surface area contributed by atoms with Crippen LogP contribution in [0.5, 0.6) is 0 Å². The van der Waals surface area contributed by atoms with Crippen LogP contribution in [0.2, 0.25) is 0 Å². The molecule has 0 aromatic heterocycles. The molecule has 0 heterocycles. The van der Waals surface area contributed by atoms with Crippen molar-refractivity contribution in [1.29, 1.82) is 5.26 Å². The summed E-state index contributed by atoms with van der Waals surface area (Å²) in [6, 6.07) is 4.35. The molecule has 3 nitrogen and oxygen atoms in total. The minimum atomic E-state index is -0.551. The summed E-state index contributed by atoms with van der Waals surface area (Å²) < 4.78 is 13.4. The Kier molecular flexibility index (Phi) is 3.81. The molecule has 78 valence electrons. The monoisotopic (exact) mass is 270 g/mol. The Bertz CT molecular complexity index is 440. The van der Waals surface area contributed by atoms with E-state index in [0.29, 0.717) is 0 Å². The molecule has 0 fully saturated rings. The van der Waals surface area contributed by atoms with Crippen LogP contribution >= 0.6 is 15.9 Å². The van der Waals surface area contributed by atoms with Crippen molar-refractivity contribution in [1.82, 2.24) is 5.32 Å². The lowest BCUT2D eigenvalue weighted by Gasteiger charge is -2.05. The van der Waals surface area contributed by atoms with Crippen LogP contribution in [-0.4, -0.2) is 13.0 Å². The molecular weight excluding hydrogens is 263 g/mol. The van der Waals surface area contributed by atoms with Crippen molar-refractivity contribution < 1.29 is 9.18 Å². The number of hydrogen-bond donors (Lipinski definition) is 1. The summed E-state index contributed by atoms with van der Waals surface area (Å²) in [6.45, 7) is 0. The third kappa shape index (κ3) is 2.34. The Labute approximate surface area is 95.0 Å². The molecule has 0 unspecified atom stereocenters. The van der Waals surface area contributed by atoms with E-state index >= 15 is 0 Å². The van der Waals surface area contributed by atoms with Crippen LogP contribution in [0.25, 0.3) is 0 Å². The van der Waals surface area contributed by atoms with E-state index in [2.05, 4.69) is 21.2 Å². The fourth-order valence-electron chi connectivity index (χ4n) is 1.15.